The van der Waals surface area contributed by atoms with Gasteiger partial charge in [-0.2, -0.15) is 0 Å². The molecule has 0 heterocycles. The maximum absolute atomic E-state index is 13.7. The van der Waals surface area contributed by atoms with E-state index in [1.54, 1.807) is 24.1 Å². The molecule has 2 amide bonds. The number of nitrogens with one attached hydrogen (secondary N) is 1. The highest BCUT2D eigenvalue weighted by Crippen LogP contribution is 2.20. The first kappa shape index (κ1) is 26.3. The zero-order chi connectivity index (χ0) is 25.4. The zero-order valence-electron chi connectivity index (χ0n) is 20.8. The SMILES string of the molecule is COc1cccc(CN(C(=O)Cc2ccc(Cl)cc2)C(Cc2ccccc2)C(=O)NC(C)(C)C)c1. The number of hydrogen-bond acceptors (Lipinski definition) is 3. The van der Waals surface area contributed by atoms with Gasteiger partial charge in [0.25, 0.3) is 0 Å². The summed E-state index contributed by atoms with van der Waals surface area (Å²) in [6, 6.07) is 23.9. The van der Waals surface area contributed by atoms with Gasteiger partial charge in [-0.3, -0.25) is 9.59 Å². The Bertz CT molecular complexity index is 1120. The summed E-state index contributed by atoms with van der Waals surface area (Å²) in [6.45, 7) is 6.09. The molecule has 184 valence electrons. The molecule has 0 fully saturated rings. The van der Waals surface area contributed by atoms with Crippen molar-refractivity contribution in [3.8, 4) is 5.75 Å². The number of hydrogen-bond donors (Lipinski definition) is 1. The Morgan fingerprint density at radius 1 is 0.914 bits per heavy atom. The number of carbonyl (C=O) groups is 2. The summed E-state index contributed by atoms with van der Waals surface area (Å²) < 4.78 is 5.38. The Morgan fingerprint density at radius 2 is 1.57 bits per heavy atom. The first-order valence-corrected chi connectivity index (χ1v) is 12.1. The van der Waals surface area contributed by atoms with Gasteiger partial charge in [-0.15, -0.1) is 0 Å². The predicted molar refractivity (Wildman–Crippen MR) is 141 cm³/mol. The van der Waals surface area contributed by atoms with Crippen molar-refractivity contribution in [2.24, 2.45) is 0 Å². The van der Waals surface area contributed by atoms with E-state index in [-0.39, 0.29) is 24.8 Å². The van der Waals surface area contributed by atoms with Crippen LogP contribution in [0.5, 0.6) is 5.75 Å². The highest BCUT2D eigenvalue weighted by Gasteiger charge is 2.32. The maximum Gasteiger partial charge on any atom is 0.243 e. The van der Waals surface area contributed by atoms with Crippen molar-refractivity contribution in [3.63, 3.8) is 0 Å². The highest BCUT2D eigenvalue weighted by atomic mass is 35.5. The van der Waals surface area contributed by atoms with Crippen LogP contribution in [0, 0.1) is 0 Å². The van der Waals surface area contributed by atoms with Crippen molar-refractivity contribution in [1.82, 2.24) is 10.2 Å². The van der Waals surface area contributed by atoms with Gasteiger partial charge in [-0.05, 0) is 61.7 Å². The Kier molecular flexibility index (Phi) is 8.94. The van der Waals surface area contributed by atoms with E-state index in [0.29, 0.717) is 17.2 Å². The molecule has 0 aliphatic rings. The van der Waals surface area contributed by atoms with Crippen LogP contribution < -0.4 is 10.1 Å². The average molecular weight is 493 g/mol. The van der Waals surface area contributed by atoms with Gasteiger partial charge in [-0.1, -0.05) is 66.2 Å². The van der Waals surface area contributed by atoms with Crippen LogP contribution in [0.25, 0.3) is 0 Å². The maximum atomic E-state index is 13.7. The van der Waals surface area contributed by atoms with Crippen LogP contribution in [-0.4, -0.2) is 35.4 Å². The van der Waals surface area contributed by atoms with Crippen LogP contribution in [0.15, 0.2) is 78.9 Å². The second-order valence-corrected chi connectivity index (χ2v) is 10.1. The minimum Gasteiger partial charge on any atom is -0.497 e. The van der Waals surface area contributed by atoms with Crippen LogP contribution in [0.2, 0.25) is 5.02 Å². The van der Waals surface area contributed by atoms with Crippen molar-refractivity contribution in [1.29, 1.82) is 0 Å². The number of methoxy groups -OCH3 is 1. The van der Waals surface area contributed by atoms with Crippen molar-refractivity contribution in [2.45, 2.75) is 51.7 Å². The fourth-order valence-electron chi connectivity index (χ4n) is 3.85. The van der Waals surface area contributed by atoms with Crippen molar-refractivity contribution >= 4 is 23.4 Å². The van der Waals surface area contributed by atoms with E-state index in [1.165, 1.54) is 0 Å². The molecule has 0 radical (unpaired) electrons. The van der Waals surface area contributed by atoms with E-state index < -0.39 is 11.6 Å². The first-order valence-electron chi connectivity index (χ1n) is 11.7. The molecule has 0 spiro atoms. The summed E-state index contributed by atoms with van der Waals surface area (Å²) in [7, 11) is 1.61. The lowest BCUT2D eigenvalue weighted by atomic mass is 10.00. The molecule has 3 aromatic rings. The van der Waals surface area contributed by atoms with Gasteiger partial charge in [0.2, 0.25) is 11.8 Å². The molecule has 0 saturated heterocycles. The molecule has 35 heavy (non-hydrogen) atoms. The lowest BCUT2D eigenvalue weighted by Gasteiger charge is -2.34. The molecular formula is C29H33ClN2O3. The fraction of sp³-hybridized carbons (Fsp3) is 0.310. The smallest absolute Gasteiger partial charge is 0.243 e. The molecule has 3 aromatic carbocycles. The van der Waals surface area contributed by atoms with Gasteiger partial charge in [-0.25, -0.2) is 0 Å². The van der Waals surface area contributed by atoms with Crippen LogP contribution in [0.3, 0.4) is 0 Å². The van der Waals surface area contributed by atoms with Crippen molar-refractivity contribution in [2.75, 3.05) is 7.11 Å². The molecule has 1 N–H and O–H groups in total. The van der Waals surface area contributed by atoms with Gasteiger partial charge >= 0.3 is 0 Å². The molecule has 1 unspecified atom stereocenters. The monoisotopic (exact) mass is 492 g/mol. The average Bonchev–Trinajstić information content (AvgIpc) is 2.82. The number of carbonyl (C=O) groups excluding carboxylic acids is 2. The van der Waals surface area contributed by atoms with E-state index in [2.05, 4.69) is 5.32 Å². The second-order valence-electron chi connectivity index (χ2n) is 9.62. The summed E-state index contributed by atoms with van der Waals surface area (Å²) in [5.74, 6) is 0.375. The summed E-state index contributed by atoms with van der Waals surface area (Å²) >= 11 is 6.03. The Morgan fingerprint density at radius 3 is 2.20 bits per heavy atom. The van der Waals surface area contributed by atoms with Gasteiger partial charge < -0.3 is 15.0 Å². The molecule has 5 nitrogen and oxygen atoms in total. The number of amides is 2. The summed E-state index contributed by atoms with van der Waals surface area (Å²) in [5.41, 5.74) is 2.27. The standard InChI is InChI=1S/C29H33ClN2O3/c1-29(2,3)31-28(34)26(18-21-9-6-5-7-10-21)32(20-23-11-8-12-25(17-23)35-4)27(33)19-22-13-15-24(30)16-14-22/h5-17,26H,18-20H2,1-4H3,(H,31,34). The fourth-order valence-corrected chi connectivity index (χ4v) is 3.98. The predicted octanol–water partition coefficient (Wildman–Crippen LogP) is 5.45. The van der Waals surface area contributed by atoms with E-state index in [4.69, 9.17) is 16.3 Å². The van der Waals surface area contributed by atoms with Crippen LogP contribution in [0.1, 0.15) is 37.5 Å². The Hall–Kier alpha value is -3.31. The van der Waals surface area contributed by atoms with Crippen molar-refractivity contribution in [3.05, 3.63) is 101 Å². The van der Waals surface area contributed by atoms with Gasteiger partial charge in [0.05, 0.1) is 13.5 Å². The summed E-state index contributed by atoms with van der Waals surface area (Å²) in [6.07, 6.45) is 0.564. The van der Waals surface area contributed by atoms with Gasteiger partial charge in [0.1, 0.15) is 11.8 Å². The number of rotatable bonds is 9. The van der Waals surface area contributed by atoms with E-state index in [1.807, 2.05) is 87.5 Å². The van der Waals surface area contributed by atoms with Gasteiger partial charge in [0, 0.05) is 23.5 Å². The second kappa shape index (κ2) is 11.9. The lowest BCUT2D eigenvalue weighted by Crippen LogP contribution is -2.54. The van der Waals surface area contributed by atoms with Crippen LogP contribution in [0.4, 0.5) is 0 Å². The molecule has 1 atom stereocenters. The highest BCUT2D eigenvalue weighted by molar-refractivity contribution is 6.30. The number of ether oxygens (including phenoxy) is 1. The molecule has 0 bridgehead atoms. The molecule has 6 heteroatoms. The summed E-state index contributed by atoms with van der Waals surface area (Å²) in [4.78, 5) is 29.0. The molecule has 0 saturated carbocycles. The number of nitrogens with zero attached hydrogens (tertiary/aromatic N) is 1. The van der Waals surface area contributed by atoms with Gasteiger partial charge in [0.15, 0.2) is 0 Å². The third kappa shape index (κ3) is 8.15. The minimum absolute atomic E-state index is 0.139. The Labute approximate surface area is 213 Å². The minimum atomic E-state index is -0.692. The van der Waals surface area contributed by atoms with Crippen molar-refractivity contribution < 1.29 is 14.3 Å². The normalized spacial score (nSPS) is 12.0. The third-order valence-electron chi connectivity index (χ3n) is 5.52. The van der Waals surface area contributed by atoms with E-state index >= 15 is 0 Å². The molecule has 3 rings (SSSR count). The zero-order valence-corrected chi connectivity index (χ0v) is 21.5. The lowest BCUT2D eigenvalue weighted by molar-refractivity contribution is -0.141. The van der Waals surface area contributed by atoms with Crippen LogP contribution >= 0.6 is 11.6 Å². The van der Waals surface area contributed by atoms with E-state index in [0.717, 1.165) is 16.7 Å². The molecule has 0 aromatic heterocycles. The first-order chi connectivity index (χ1) is 16.6. The number of benzene rings is 3. The third-order valence-corrected chi connectivity index (χ3v) is 5.78. The Balaban J connectivity index is 1.99. The summed E-state index contributed by atoms with van der Waals surface area (Å²) in [5, 5.41) is 3.69. The largest absolute Gasteiger partial charge is 0.497 e. The van der Waals surface area contributed by atoms with E-state index in [9.17, 15) is 9.59 Å². The quantitative estimate of drug-likeness (QED) is 0.432. The topological polar surface area (TPSA) is 58.6 Å². The molecule has 0 aliphatic carbocycles. The van der Waals surface area contributed by atoms with Crippen LogP contribution in [-0.2, 0) is 29.0 Å². The molecule has 0 aliphatic heterocycles. The number of halogens is 1. The molecular weight excluding hydrogens is 460 g/mol.